The highest BCUT2D eigenvalue weighted by atomic mass is 79.9. The molecule has 0 aromatic carbocycles. The Balaban J connectivity index is 3.68. The maximum absolute atomic E-state index is 8.38. The summed E-state index contributed by atoms with van der Waals surface area (Å²) in [6.07, 6.45) is 0. The quantitative estimate of drug-likeness (QED) is 0.616. The molecule has 0 amide bonds. The molecule has 0 heterocycles. The zero-order valence-electron chi connectivity index (χ0n) is 3.20. The van der Waals surface area contributed by atoms with Crippen molar-refractivity contribution in [3.63, 3.8) is 0 Å². The minimum Gasteiger partial charge on any atom is -0.501 e. The topological polar surface area (TPSA) is 20.2 Å². The van der Waals surface area contributed by atoms with Gasteiger partial charge in [0.05, 0.1) is 0 Å². The fourth-order valence-electron chi connectivity index (χ4n) is 0. The number of halogens is 2. The summed E-state index contributed by atoms with van der Waals surface area (Å²) < 4.78 is 0.866. The lowest BCUT2D eigenvalue weighted by molar-refractivity contribution is 0.458. The molecule has 36 valence electrons. The summed E-state index contributed by atoms with van der Waals surface area (Å²) in [4.78, 5) is 0. The predicted octanol–water partition coefficient (Wildman–Crippen LogP) is 2.52. The van der Waals surface area contributed by atoms with E-state index in [1.54, 1.807) is 6.92 Å². The molecule has 0 bridgehead atoms. The fraction of sp³-hybridized carbons (Fsp3) is 0.333. The molecular formula is C3H4Br2O. The molecule has 0 saturated heterocycles. The van der Waals surface area contributed by atoms with Crippen LogP contribution in [0.5, 0.6) is 0 Å². The van der Waals surface area contributed by atoms with Crippen molar-refractivity contribution < 1.29 is 5.11 Å². The van der Waals surface area contributed by atoms with Gasteiger partial charge in [-0.2, -0.15) is 0 Å². The molecule has 0 aromatic heterocycles. The summed E-state index contributed by atoms with van der Waals surface area (Å²) in [5.41, 5.74) is 0. The van der Waals surface area contributed by atoms with E-state index in [1.807, 2.05) is 0 Å². The van der Waals surface area contributed by atoms with Gasteiger partial charge in [0, 0.05) is 4.48 Å². The first-order chi connectivity index (χ1) is 2.64. The van der Waals surface area contributed by atoms with Crippen molar-refractivity contribution in [2.24, 2.45) is 0 Å². The Morgan fingerprint density at radius 1 is 1.50 bits per heavy atom. The monoisotopic (exact) mass is 214 g/mol. The van der Waals surface area contributed by atoms with Gasteiger partial charge >= 0.3 is 0 Å². The summed E-state index contributed by atoms with van der Waals surface area (Å²) in [7, 11) is 0. The molecule has 0 aromatic rings. The van der Waals surface area contributed by atoms with E-state index in [-0.39, 0.29) is 4.67 Å². The van der Waals surface area contributed by atoms with Crippen molar-refractivity contribution in [2.45, 2.75) is 6.92 Å². The molecule has 0 aliphatic carbocycles. The Kier molecular flexibility index (Phi) is 2.86. The normalized spacial score (nSPS) is 13.8. The van der Waals surface area contributed by atoms with Gasteiger partial charge in [-0.15, -0.1) is 0 Å². The van der Waals surface area contributed by atoms with E-state index in [0.29, 0.717) is 4.48 Å². The Bertz CT molecular complexity index is 58.9. The molecule has 0 fully saturated rings. The second kappa shape index (κ2) is 2.64. The number of aliphatic hydroxyl groups is 1. The molecule has 0 spiro atoms. The summed E-state index contributed by atoms with van der Waals surface area (Å²) in [6.45, 7) is 1.74. The average molecular weight is 216 g/mol. The van der Waals surface area contributed by atoms with Gasteiger partial charge in [-0.3, -0.25) is 0 Å². The molecule has 0 aliphatic rings. The van der Waals surface area contributed by atoms with Crippen LogP contribution in [0.1, 0.15) is 6.92 Å². The van der Waals surface area contributed by atoms with Gasteiger partial charge in [0.25, 0.3) is 0 Å². The second-order valence-corrected chi connectivity index (χ2v) is 2.76. The Morgan fingerprint density at radius 2 is 1.67 bits per heavy atom. The van der Waals surface area contributed by atoms with Crippen LogP contribution in [-0.4, -0.2) is 5.11 Å². The number of aliphatic hydroxyl groups excluding tert-OH is 1. The van der Waals surface area contributed by atoms with Crippen molar-refractivity contribution in [1.82, 2.24) is 0 Å². The van der Waals surface area contributed by atoms with E-state index in [9.17, 15) is 0 Å². The van der Waals surface area contributed by atoms with Crippen molar-refractivity contribution in [3.8, 4) is 0 Å². The van der Waals surface area contributed by atoms with E-state index in [4.69, 9.17) is 5.11 Å². The summed E-state index contributed by atoms with van der Waals surface area (Å²) in [5.74, 6) is 0. The lowest BCUT2D eigenvalue weighted by Crippen LogP contribution is -1.62. The first kappa shape index (κ1) is 6.50. The van der Waals surface area contributed by atoms with Crippen LogP contribution in [0.2, 0.25) is 0 Å². The number of allylic oxidation sites excluding steroid dienone is 1. The van der Waals surface area contributed by atoms with Crippen LogP contribution >= 0.6 is 31.9 Å². The first-order valence-electron chi connectivity index (χ1n) is 1.35. The third-order valence-corrected chi connectivity index (χ3v) is 1.79. The predicted molar refractivity (Wildman–Crippen MR) is 33.2 cm³/mol. The van der Waals surface area contributed by atoms with Gasteiger partial charge in [-0.05, 0) is 22.9 Å². The number of hydrogen-bond acceptors (Lipinski definition) is 1. The van der Waals surface area contributed by atoms with Gasteiger partial charge in [-0.1, -0.05) is 15.9 Å². The van der Waals surface area contributed by atoms with Gasteiger partial charge in [0.15, 0.2) is 4.67 Å². The molecule has 0 unspecified atom stereocenters. The lowest BCUT2D eigenvalue weighted by atomic mass is 10.7. The maximum atomic E-state index is 8.38. The Hall–Kier alpha value is 0.500. The Labute approximate surface area is 53.3 Å². The third-order valence-electron chi connectivity index (χ3n) is 0.284. The van der Waals surface area contributed by atoms with Crippen LogP contribution < -0.4 is 0 Å². The first-order valence-corrected chi connectivity index (χ1v) is 2.94. The van der Waals surface area contributed by atoms with E-state index < -0.39 is 0 Å². The minimum absolute atomic E-state index is 0.155. The number of hydrogen-bond donors (Lipinski definition) is 1. The van der Waals surface area contributed by atoms with Crippen molar-refractivity contribution in [2.75, 3.05) is 0 Å². The molecular weight excluding hydrogens is 212 g/mol. The van der Waals surface area contributed by atoms with Crippen LogP contribution in [0.25, 0.3) is 0 Å². The standard InChI is InChI=1S/C3H4Br2O/c1-2(4)3(5)6/h6H,1H3. The summed E-state index contributed by atoms with van der Waals surface area (Å²) in [6, 6.07) is 0. The molecule has 0 aliphatic heterocycles. The van der Waals surface area contributed by atoms with Crippen LogP contribution in [0.15, 0.2) is 9.15 Å². The van der Waals surface area contributed by atoms with Gasteiger partial charge in [-0.25, -0.2) is 0 Å². The molecule has 0 radical (unpaired) electrons. The van der Waals surface area contributed by atoms with E-state index in [0.717, 1.165) is 0 Å². The molecule has 1 N–H and O–H groups in total. The maximum Gasteiger partial charge on any atom is 0.169 e. The highest BCUT2D eigenvalue weighted by molar-refractivity contribution is 9.14. The summed E-state index contributed by atoms with van der Waals surface area (Å²) >= 11 is 5.85. The number of rotatable bonds is 0. The molecule has 0 saturated carbocycles. The smallest absolute Gasteiger partial charge is 0.169 e. The van der Waals surface area contributed by atoms with Gasteiger partial charge < -0.3 is 5.11 Å². The largest absolute Gasteiger partial charge is 0.501 e. The second-order valence-electron chi connectivity index (χ2n) is 0.824. The van der Waals surface area contributed by atoms with E-state index >= 15 is 0 Å². The Morgan fingerprint density at radius 3 is 1.67 bits per heavy atom. The van der Waals surface area contributed by atoms with Crippen LogP contribution in [-0.2, 0) is 0 Å². The van der Waals surface area contributed by atoms with Gasteiger partial charge in [0.2, 0.25) is 0 Å². The molecule has 3 heteroatoms. The molecule has 0 atom stereocenters. The molecule has 0 rings (SSSR count). The molecule has 6 heavy (non-hydrogen) atoms. The van der Waals surface area contributed by atoms with E-state index in [2.05, 4.69) is 31.9 Å². The van der Waals surface area contributed by atoms with Crippen LogP contribution in [0.3, 0.4) is 0 Å². The lowest BCUT2D eigenvalue weighted by Gasteiger charge is -1.82. The average Bonchev–Trinajstić information content (AvgIpc) is 1.36. The fourth-order valence-corrected chi connectivity index (χ4v) is 0. The zero-order valence-corrected chi connectivity index (χ0v) is 6.38. The minimum atomic E-state index is 0.155. The van der Waals surface area contributed by atoms with Gasteiger partial charge in [0.1, 0.15) is 0 Å². The van der Waals surface area contributed by atoms with Crippen molar-refractivity contribution in [1.29, 1.82) is 0 Å². The third kappa shape index (κ3) is 2.72. The van der Waals surface area contributed by atoms with E-state index in [1.165, 1.54) is 0 Å². The highest BCUT2D eigenvalue weighted by Crippen LogP contribution is 2.12. The van der Waals surface area contributed by atoms with Crippen molar-refractivity contribution in [3.05, 3.63) is 9.15 Å². The highest BCUT2D eigenvalue weighted by Gasteiger charge is 1.83. The SMILES string of the molecule is CC(Br)=C(O)Br. The van der Waals surface area contributed by atoms with Crippen molar-refractivity contribution >= 4 is 31.9 Å². The zero-order chi connectivity index (χ0) is 5.15. The summed E-state index contributed by atoms with van der Waals surface area (Å²) in [5, 5.41) is 8.38. The van der Waals surface area contributed by atoms with Crippen LogP contribution in [0, 0.1) is 0 Å². The van der Waals surface area contributed by atoms with Crippen LogP contribution in [0.4, 0.5) is 0 Å². The molecule has 1 nitrogen and oxygen atoms in total.